The first kappa shape index (κ1) is 26.2. The highest BCUT2D eigenvalue weighted by Gasteiger charge is 2.23. The van der Waals surface area contributed by atoms with Gasteiger partial charge >= 0.3 is 0 Å². The van der Waals surface area contributed by atoms with Crippen molar-refractivity contribution in [3.63, 3.8) is 0 Å². The third kappa shape index (κ3) is 6.10. The molecule has 0 fully saturated rings. The van der Waals surface area contributed by atoms with Gasteiger partial charge in [0.05, 0.1) is 23.8 Å². The monoisotopic (exact) mass is 537 g/mol. The number of non-ortho nitro benzene ring substituents is 1. The van der Waals surface area contributed by atoms with Gasteiger partial charge in [-0.3, -0.25) is 19.5 Å². The molecule has 1 N–H and O–H groups in total. The Labute approximate surface area is 223 Å². The van der Waals surface area contributed by atoms with Crippen molar-refractivity contribution in [1.82, 2.24) is 20.1 Å². The van der Waals surface area contributed by atoms with Gasteiger partial charge in [-0.05, 0) is 61.4 Å². The van der Waals surface area contributed by atoms with Crippen LogP contribution in [0.5, 0.6) is 5.75 Å². The number of carbonyl (C=O) groups excluding carboxylic acids is 1. The predicted octanol–water partition coefficient (Wildman–Crippen LogP) is 5.93. The van der Waals surface area contributed by atoms with Crippen LogP contribution in [0.25, 0.3) is 5.69 Å². The van der Waals surface area contributed by atoms with E-state index in [9.17, 15) is 14.9 Å². The number of benzene rings is 3. The molecule has 1 amide bonds. The van der Waals surface area contributed by atoms with E-state index in [1.807, 2.05) is 54.0 Å². The fourth-order valence-electron chi connectivity index (χ4n) is 3.69. The van der Waals surface area contributed by atoms with Crippen molar-refractivity contribution < 1.29 is 14.5 Å². The lowest BCUT2D eigenvalue weighted by atomic mass is 10.1. The molecule has 1 heterocycles. The molecule has 37 heavy (non-hydrogen) atoms. The first-order valence-corrected chi connectivity index (χ1v) is 12.7. The van der Waals surface area contributed by atoms with Crippen LogP contribution < -0.4 is 10.1 Å². The molecule has 4 rings (SSSR count). The number of nitrogens with zero attached hydrogens (tertiary/aromatic N) is 4. The zero-order valence-corrected chi connectivity index (χ0v) is 21.9. The van der Waals surface area contributed by atoms with Gasteiger partial charge in [0.15, 0.2) is 11.0 Å². The molecule has 190 valence electrons. The van der Waals surface area contributed by atoms with Crippen LogP contribution in [0.4, 0.5) is 5.69 Å². The fraction of sp³-hybridized carbons (Fsp3) is 0.192. The number of nitro benzene ring substituents is 1. The Bertz CT molecular complexity index is 1440. The maximum Gasteiger partial charge on any atom is 0.269 e. The van der Waals surface area contributed by atoms with E-state index in [-0.39, 0.29) is 11.6 Å². The molecule has 1 atom stereocenters. The normalized spacial score (nSPS) is 11.7. The number of nitro groups is 1. The van der Waals surface area contributed by atoms with Gasteiger partial charge in [0.1, 0.15) is 5.75 Å². The molecule has 4 aromatic rings. The number of aryl methyl sites for hydroxylation is 1. The van der Waals surface area contributed by atoms with Gasteiger partial charge in [-0.2, -0.15) is 0 Å². The van der Waals surface area contributed by atoms with Crippen molar-refractivity contribution >= 4 is 35.0 Å². The molecule has 0 aliphatic rings. The maximum atomic E-state index is 12.9. The molecule has 1 aromatic heterocycles. The smallest absolute Gasteiger partial charge is 0.269 e. The summed E-state index contributed by atoms with van der Waals surface area (Å²) in [6, 6.07) is 18.3. The van der Waals surface area contributed by atoms with Crippen LogP contribution in [0.3, 0.4) is 0 Å². The fourth-order valence-corrected chi connectivity index (χ4v) is 4.76. The van der Waals surface area contributed by atoms with E-state index in [0.29, 0.717) is 27.3 Å². The van der Waals surface area contributed by atoms with E-state index in [1.54, 1.807) is 14.0 Å². The largest absolute Gasteiger partial charge is 0.497 e. The van der Waals surface area contributed by atoms with E-state index in [4.69, 9.17) is 16.3 Å². The minimum atomic E-state index is -0.528. The summed E-state index contributed by atoms with van der Waals surface area (Å²) in [5.74, 6) is 1.53. The number of ether oxygens (including phenoxy) is 1. The Morgan fingerprint density at radius 2 is 1.92 bits per heavy atom. The van der Waals surface area contributed by atoms with E-state index in [1.165, 1.54) is 36.0 Å². The molecular formula is C26H24ClN5O4S. The molecule has 0 bridgehead atoms. The van der Waals surface area contributed by atoms with Crippen LogP contribution in [0.15, 0.2) is 71.9 Å². The van der Waals surface area contributed by atoms with Gasteiger partial charge in [0.2, 0.25) is 0 Å². The number of nitrogens with one attached hydrogen (secondary N) is 1. The van der Waals surface area contributed by atoms with Crippen molar-refractivity contribution in [3.8, 4) is 11.4 Å². The summed E-state index contributed by atoms with van der Waals surface area (Å²) in [4.78, 5) is 23.3. The molecule has 0 spiro atoms. The van der Waals surface area contributed by atoms with E-state index in [0.717, 1.165) is 22.6 Å². The number of hydrogen-bond donors (Lipinski definition) is 1. The average Bonchev–Trinajstić information content (AvgIpc) is 3.33. The lowest BCUT2D eigenvalue weighted by molar-refractivity contribution is -0.384. The Balaban J connectivity index is 1.64. The maximum absolute atomic E-state index is 12.9. The molecule has 0 aliphatic heterocycles. The number of thioether (sulfide) groups is 1. The van der Waals surface area contributed by atoms with Crippen LogP contribution in [-0.4, -0.2) is 32.7 Å². The number of aromatic nitrogens is 3. The third-order valence-corrected chi connectivity index (χ3v) is 6.88. The second-order valence-electron chi connectivity index (χ2n) is 8.25. The van der Waals surface area contributed by atoms with Crippen molar-refractivity contribution in [1.29, 1.82) is 0 Å². The van der Waals surface area contributed by atoms with Gasteiger partial charge < -0.3 is 10.1 Å². The van der Waals surface area contributed by atoms with Crippen molar-refractivity contribution in [2.45, 2.75) is 30.8 Å². The molecular weight excluding hydrogens is 514 g/mol. The van der Waals surface area contributed by atoms with Gasteiger partial charge in [-0.1, -0.05) is 41.6 Å². The van der Waals surface area contributed by atoms with Gasteiger partial charge in [0.25, 0.3) is 11.6 Å². The molecule has 1 unspecified atom stereocenters. The first-order valence-electron chi connectivity index (χ1n) is 11.3. The number of amides is 1. The Morgan fingerprint density at radius 3 is 2.62 bits per heavy atom. The summed E-state index contributed by atoms with van der Waals surface area (Å²) >= 11 is 7.83. The highest BCUT2D eigenvalue weighted by Crippen LogP contribution is 2.31. The zero-order valence-electron chi connectivity index (χ0n) is 20.3. The van der Waals surface area contributed by atoms with Crippen molar-refractivity contribution in [2.24, 2.45) is 0 Å². The number of carbonyl (C=O) groups is 1. The number of halogens is 1. The molecule has 9 nitrogen and oxygen atoms in total. The first-order chi connectivity index (χ1) is 17.8. The SMILES string of the molecule is COc1cccc(CSc2nnc(C(C)NC(=O)c3ccc([N+](=O)[O-])cc3)n2-c2cc(Cl)ccc2C)c1. The lowest BCUT2D eigenvalue weighted by Crippen LogP contribution is -2.28. The number of methoxy groups -OCH3 is 1. The third-order valence-electron chi connectivity index (χ3n) is 5.65. The minimum absolute atomic E-state index is 0.0847. The van der Waals surface area contributed by atoms with Crippen molar-refractivity contribution in [3.05, 3.63) is 104 Å². The Morgan fingerprint density at radius 1 is 1.16 bits per heavy atom. The number of hydrogen-bond acceptors (Lipinski definition) is 7. The molecule has 11 heteroatoms. The molecule has 3 aromatic carbocycles. The standard InChI is InChI=1S/C26H24ClN5O4S/c1-16-7-10-20(27)14-23(16)31-24(17(2)28-25(33)19-8-11-21(12-9-19)32(34)35)29-30-26(31)37-15-18-5-4-6-22(13-18)36-3/h4-14,17H,15H2,1-3H3,(H,28,33). The highest BCUT2D eigenvalue weighted by atomic mass is 35.5. The van der Waals surface area contributed by atoms with E-state index >= 15 is 0 Å². The summed E-state index contributed by atoms with van der Waals surface area (Å²) in [6.45, 7) is 3.77. The minimum Gasteiger partial charge on any atom is -0.497 e. The van der Waals surface area contributed by atoms with Gasteiger partial charge in [0, 0.05) is 28.5 Å². The van der Waals surface area contributed by atoms with Crippen LogP contribution in [0.1, 0.15) is 40.3 Å². The molecule has 0 saturated carbocycles. The summed E-state index contributed by atoms with van der Waals surface area (Å²) < 4.78 is 7.22. The summed E-state index contributed by atoms with van der Waals surface area (Å²) in [7, 11) is 1.63. The average molecular weight is 538 g/mol. The predicted molar refractivity (Wildman–Crippen MR) is 143 cm³/mol. The second kappa shape index (κ2) is 11.4. The summed E-state index contributed by atoms with van der Waals surface area (Å²) in [6.07, 6.45) is 0. The van der Waals surface area contributed by atoms with Crippen LogP contribution in [0, 0.1) is 17.0 Å². The number of rotatable bonds is 9. The zero-order chi connectivity index (χ0) is 26.5. The van der Waals surface area contributed by atoms with Crippen LogP contribution >= 0.6 is 23.4 Å². The highest BCUT2D eigenvalue weighted by molar-refractivity contribution is 7.98. The van der Waals surface area contributed by atoms with E-state index < -0.39 is 11.0 Å². The molecule has 0 saturated heterocycles. The van der Waals surface area contributed by atoms with Gasteiger partial charge in [-0.25, -0.2) is 0 Å². The summed E-state index contributed by atoms with van der Waals surface area (Å²) in [5, 5.41) is 23.9. The molecule has 0 aliphatic carbocycles. The molecule has 0 radical (unpaired) electrons. The Hall–Kier alpha value is -3.89. The quantitative estimate of drug-likeness (QED) is 0.160. The Kier molecular flexibility index (Phi) is 8.10. The van der Waals surface area contributed by atoms with Crippen LogP contribution in [0.2, 0.25) is 5.02 Å². The second-order valence-corrected chi connectivity index (χ2v) is 9.63. The van der Waals surface area contributed by atoms with E-state index in [2.05, 4.69) is 15.5 Å². The van der Waals surface area contributed by atoms with Crippen LogP contribution in [-0.2, 0) is 5.75 Å². The summed E-state index contributed by atoms with van der Waals surface area (Å²) in [5.41, 5.74) is 3.04. The van der Waals surface area contributed by atoms with Crippen molar-refractivity contribution in [2.75, 3.05) is 7.11 Å². The topological polar surface area (TPSA) is 112 Å². The lowest BCUT2D eigenvalue weighted by Gasteiger charge is -2.18. The van der Waals surface area contributed by atoms with Gasteiger partial charge in [-0.15, -0.1) is 10.2 Å².